The topological polar surface area (TPSA) is 39.3 Å². The van der Waals surface area contributed by atoms with E-state index in [1.807, 2.05) is 23.4 Å². The zero-order valence-corrected chi connectivity index (χ0v) is 11.5. The number of carbonyl (C=O) groups excluding carboxylic acids is 1. The van der Waals surface area contributed by atoms with Crippen molar-refractivity contribution in [2.24, 2.45) is 0 Å². The normalized spacial score (nSPS) is 17.1. The molecule has 0 spiro atoms. The molecule has 100 valence electrons. The van der Waals surface area contributed by atoms with Gasteiger partial charge in [-0.05, 0) is 18.1 Å². The minimum absolute atomic E-state index is 0.279. The van der Waals surface area contributed by atoms with E-state index in [2.05, 4.69) is 22.5 Å². The van der Waals surface area contributed by atoms with Crippen LogP contribution in [0.5, 0.6) is 0 Å². The molecule has 0 atom stereocenters. The van der Waals surface area contributed by atoms with Crippen molar-refractivity contribution in [1.29, 1.82) is 0 Å². The number of aromatic nitrogens is 1. The van der Waals surface area contributed by atoms with Crippen molar-refractivity contribution >= 4 is 18.5 Å². The van der Waals surface area contributed by atoms with Crippen molar-refractivity contribution in [2.45, 2.75) is 12.8 Å². The van der Waals surface area contributed by atoms with Crippen molar-refractivity contribution in [1.82, 2.24) is 14.8 Å². The van der Waals surface area contributed by atoms with Gasteiger partial charge in [0.05, 0.1) is 0 Å². The zero-order valence-electron chi connectivity index (χ0n) is 10.6. The number of thiol groups is 1. The van der Waals surface area contributed by atoms with Crippen LogP contribution in [0.25, 0.3) is 0 Å². The van der Waals surface area contributed by atoms with Gasteiger partial charge in [-0.25, -0.2) is 0 Å². The fourth-order valence-electron chi connectivity index (χ4n) is 2.29. The minimum atomic E-state index is 0.279. The monoisotopic (exact) mass is 267 g/mol. The summed E-state index contributed by atoms with van der Waals surface area (Å²) in [7, 11) is 0. The van der Waals surface area contributed by atoms with E-state index in [-0.39, 0.29) is 5.91 Å². The SMILES string of the molecule is O=C(CCc1cc[nH]c1)N1CCN(CCS)CC1. The van der Waals surface area contributed by atoms with Gasteiger partial charge >= 0.3 is 0 Å². The zero-order chi connectivity index (χ0) is 12.8. The summed E-state index contributed by atoms with van der Waals surface area (Å²) in [4.78, 5) is 19.4. The fourth-order valence-corrected chi connectivity index (χ4v) is 2.57. The first-order valence-electron chi connectivity index (χ1n) is 6.52. The molecule has 0 aliphatic carbocycles. The van der Waals surface area contributed by atoms with Crippen LogP contribution in [-0.2, 0) is 11.2 Å². The Morgan fingerprint density at radius 1 is 1.33 bits per heavy atom. The second-order valence-electron chi connectivity index (χ2n) is 4.67. The molecule has 0 bridgehead atoms. The van der Waals surface area contributed by atoms with Gasteiger partial charge in [-0.2, -0.15) is 12.6 Å². The standard InChI is InChI=1S/C13H21N3OS/c17-13(2-1-12-3-4-14-11-12)16-7-5-15(6-8-16)9-10-18/h3-4,11,14,18H,1-2,5-10H2. The molecule has 1 N–H and O–H groups in total. The van der Waals surface area contributed by atoms with Crippen molar-refractivity contribution in [2.75, 3.05) is 38.5 Å². The number of hydrogen-bond donors (Lipinski definition) is 2. The van der Waals surface area contributed by atoms with Crippen LogP contribution in [0.1, 0.15) is 12.0 Å². The van der Waals surface area contributed by atoms with Crippen LogP contribution in [0.2, 0.25) is 0 Å². The van der Waals surface area contributed by atoms with Crippen LogP contribution in [0, 0.1) is 0 Å². The van der Waals surface area contributed by atoms with E-state index in [1.165, 1.54) is 5.56 Å². The number of hydrogen-bond acceptors (Lipinski definition) is 3. The van der Waals surface area contributed by atoms with E-state index in [4.69, 9.17) is 0 Å². The number of carbonyl (C=O) groups is 1. The van der Waals surface area contributed by atoms with Gasteiger partial charge in [-0.3, -0.25) is 9.69 Å². The first kappa shape index (κ1) is 13.5. The summed E-state index contributed by atoms with van der Waals surface area (Å²) in [5.74, 6) is 1.17. The predicted octanol–water partition coefficient (Wildman–Crippen LogP) is 1.02. The molecule has 0 aromatic carbocycles. The molecule has 1 saturated heterocycles. The molecule has 1 aliphatic heterocycles. The lowest BCUT2D eigenvalue weighted by Crippen LogP contribution is -2.49. The summed E-state index contributed by atoms with van der Waals surface area (Å²) in [5, 5.41) is 0. The largest absolute Gasteiger partial charge is 0.367 e. The maximum absolute atomic E-state index is 12.0. The maximum Gasteiger partial charge on any atom is 0.222 e. The molecule has 1 amide bonds. The van der Waals surface area contributed by atoms with Crippen molar-refractivity contribution in [3.8, 4) is 0 Å². The summed E-state index contributed by atoms with van der Waals surface area (Å²) in [6.45, 7) is 4.71. The molecular formula is C13H21N3OS. The van der Waals surface area contributed by atoms with Crippen LogP contribution in [-0.4, -0.2) is 59.2 Å². The minimum Gasteiger partial charge on any atom is -0.367 e. The molecule has 1 aromatic rings. The predicted molar refractivity (Wildman–Crippen MR) is 76.0 cm³/mol. The Labute approximate surface area is 114 Å². The Balaban J connectivity index is 1.70. The molecule has 18 heavy (non-hydrogen) atoms. The third kappa shape index (κ3) is 3.78. The van der Waals surface area contributed by atoms with E-state index in [0.29, 0.717) is 6.42 Å². The smallest absolute Gasteiger partial charge is 0.222 e. The lowest BCUT2D eigenvalue weighted by Gasteiger charge is -2.34. The van der Waals surface area contributed by atoms with Crippen molar-refractivity contribution in [3.63, 3.8) is 0 Å². The Hall–Kier alpha value is -0.940. The number of aromatic amines is 1. The van der Waals surface area contributed by atoms with Crippen LogP contribution < -0.4 is 0 Å². The molecule has 1 fully saturated rings. The summed E-state index contributed by atoms with van der Waals surface area (Å²) >= 11 is 4.24. The van der Waals surface area contributed by atoms with E-state index < -0.39 is 0 Å². The van der Waals surface area contributed by atoms with Gasteiger partial charge in [0.25, 0.3) is 0 Å². The Kier molecular flexibility index (Phi) is 5.13. The van der Waals surface area contributed by atoms with Gasteiger partial charge in [0.2, 0.25) is 5.91 Å². The molecule has 1 aliphatic rings. The molecule has 5 heteroatoms. The van der Waals surface area contributed by atoms with E-state index in [1.54, 1.807) is 0 Å². The van der Waals surface area contributed by atoms with E-state index >= 15 is 0 Å². The summed E-state index contributed by atoms with van der Waals surface area (Å²) < 4.78 is 0. The highest BCUT2D eigenvalue weighted by Gasteiger charge is 2.20. The third-order valence-electron chi connectivity index (χ3n) is 3.43. The maximum atomic E-state index is 12.0. The third-order valence-corrected chi connectivity index (χ3v) is 3.63. The van der Waals surface area contributed by atoms with Crippen molar-refractivity contribution in [3.05, 3.63) is 24.0 Å². The Morgan fingerprint density at radius 3 is 2.72 bits per heavy atom. The summed E-state index contributed by atoms with van der Waals surface area (Å²) in [6.07, 6.45) is 5.30. The molecule has 0 saturated carbocycles. The highest BCUT2D eigenvalue weighted by molar-refractivity contribution is 7.80. The number of rotatable bonds is 5. The van der Waals surface area contributed by atoms with Gasteiger partial charge in [0, 0.05) is 57.3 Å². The van der Waals surface area contributed by atoms with Gasteiger partial charge in [-0.1, -0.05) is 0 Å². The van der Waals surface area contributed by atoms with Crippen LogP contribution in [0.3, 0.4) is 0 Å². The lowest BCUT2D eigenvalue weighted by atomic mass is 10.1. The van der Waals surface area contributed by atoms with Gasteiger partial charge in [-0.15, -0.1) is 0 Å². The molecule has 0 radical (unpaired) electrons. The summed E-state index contributed by atoms with van der Waals surface area (Å²) in [6, 6.07) is 2.03. The number of piperazine rings is 1. The van der Waals surface area contributed by atoms with Gasteiger partial charge in [0.1, 0.15) is 0 Å². The average molecular weight is 267 g/mol. The second-order valence-corrected chi connectivity index (χ2v) is 5.11. The summed E-state index contributed by atoms with van der Waals surface area (Å²) in [5.41, 5.74) is 1.21. The van der Waals surface area contributed by atoms with Gasteiger partial charge in [0.15, 0.2) is 0 Å². The lowest BCUT2D eigenvalue weighted by molar-refractivity contribution is -0.132. The first-order valence-corrected chi connectivity index (χ1v) is 7.15. The quantitative estimate of drug-likeness (QED) is 0.782. The molecule has 2 heterocycles. The number of aryl methyl sites for hydroxylation is 1. The number of nitrogens with one attached hydrogen (secondary N) is 1. The number of amides is 1. The number of H-pyrrole nitrogens is 1. The second kappa shape index (κ2) is 6.85. The first-order chi connectivity index (χ1) is 8.79. The molecule has 2 rings (SSSR count). The Morgan fingerprint density at radius 2 is 2.11 bits per heavy atom. The highest BCUT2D eigenvalue weighted by Crippen LogP contribution is 2.07. The average Bonchev–Trinajstić information content (AvgIpc) is 2.90. The van der Waals surface area contributed by atoms with Gasteiger partial charge < -0.3 is 9.88 Å². The molecule has 0 unspecified atom stereocenters. The highest BCUT2D eigenvalue weighted by atomic mass is 32.1. The molecule has 1 aromatic heterocycles. The van der Waals surface area contributed by atoms with Crippen LogP contribution in [0.4, 0.5) is 0 Å². The van der Waals surface area contributed by atoms with Crippen molar-refractivity contribution < 1.29 is 4.79 Å². The molecule has 4 nitrogen and oxygen atoms in total. The number of nitrogens with zero attached hydrogens (tertiary/aromatic N) is 2. The van der Waals surface area contributed by atoms with Crippen LogP contribution >= 0.6 is 12.6 Å². The van der Waals surface area contributed by atoms with E-state index in [9.17, 15) is 4.79 Å². The molecular weight excluding hydrogens is 246 g/mol. The van der Waals surface area contributed by atoms with E-state index in [0.717, 1.165) is 44.9 Å². The van der Waals surface area contributed by atoms with Crippen LogP contribution in [0.15, 0.2) is 18.5 Å². The fraction of sp³-hybridized carbons (Fsp3) is 0.615. The Bertz CT molecular complexity index is 358.